The smallest absolute Gasteiger partial charge is 0.319 e. The number of pyridine rings is 1. The lowest BCUT2D eigenvalue weighted by Gasteiger charge is -2.19. The fourth-order valence-corrected chi connectivity index (χ4v) is 3.89. The molecule has 0 saturated heterocycles. The van der Waals surface area contributed by atoms with Gasteiger partial charge < -0.3 is 10.6 Å². The highest BCUT2D eigenvalue weighted by Crippen LogP contribution is 2.25. The minimum atomic E-state index is -3.74. The highest BCUT2D eigenvalue weighted by molar-refractivity contribution is 7.92. The molecular formula is C23H26N4O3S. The van der Waals surface area contributed by atoms with Crippen LogP contribution in [0.2, 0.25) is 0 Å². The number of urea groups is 1. The van der Waals surface area contributed by atoms with Crippen LogP contribution >= 0.6 is 0 Å². The average molecular weight is 439 g/mol. The number of anilines is 2. The Hall–Kier alpha value is -3.39. The van der Waals surface area contributed by atoms with E-state index in [1.807, 2.05) is 18.2 Å². The van der Waals surface area contributed by atoms with E-state index in [1.165, 1.54) is 12.1 Å². The van der Waals surface area contributed by atoms with Crippen LogP contribution in [0.15, 0.2) is 78.0 Å². The summed E-state index contributed by atoms with van der Waals surface area (Å²) >= 11 is 0. The first-order chi connectivity index (χ1) is 14.6. The number of hydrogen-bond acceptors (Lipinski definition) is 4. The molecule has 3 N–H and O–H groups in total. The van der Waals surface area contributed by atoms with Crippen molar-refractivity contribution in [2.24, 2.45) is 0 Å². The Bertz CT molecular complexity index is 1120. The van der Waals surface area contributed by atoms with E-state index in [9.17, 15) is 13.2 Å². The molecule has 8 heteroatoms. The van der Waals surface area contributed by atoms with Gasteiger partial charge in [-0.05, 0) is 59.0 Å². The molecule has 3 aromatic rings. The Morgan fingerprint density at radius 1 is 0.935 bits per heavy atom. The molecule has 2 amide bonds. The van der Waals surface area contributed by atoms with Crippen molar-refractivity contribution in [3.8, 4) is 0 Å². The normalized spacial score (nSPS) is 11.6. The summed E-state index contributed by atoms with van der Waals surface area (Å²) in [6.45, 7) is 6.63. The van der Waals surface area contributed by atoms with Crippen molar-refractivity contribution in [1.29, 1.82) is 0 Å². The minimum Gasteiger partial charge on any atom is -0.334 e. The number of benzene rings is 2. The summed E-state index contributed by atoms with van der Waals surface area (Å²) in [6.07, 6.45) is 3.33. The van der Waals surface area contributed by atoms with Crippen molar-refractivity contribution in [1.82, 2.24) is 10.3 Å². The molecule has 0 fully saturated rings. The summed E-state index contributed by atoms with van der Waals surface area (Å²) in [7, 11) is -3.74. The third-order valence-corrected chi connectivity index (χ3v) is 6.00. The Balaban J connectivity index is 1.60. The number of carbonyl (C=O) groups is 1. The molecule has 2 aromatic carbocycles. The number of sulfonamides is 1. The van der Waals surface area contributed by atoms with Crippen LogP contribution in [0, 0.1) is 0 Å². The number of hydrogen-bond donors (Lipinski definition) is 3. The van der Waals surface area contributed by atoms with Crippen LogP contribution < -0.4 is 15.4 Å². The number of nitrogens with one attached hydrogen (secondary N) is 3. The fraction of sp³-hybridized carbons (Fsp3) is 0.217. The number of rotatable bonds is 6. The molecule has 0 aliphatic carbocycles. The molecule has 3 rings (SSSR count). The molecule has 0 atom stereocenters. The minimum absolute atomic E-state index is 0.00941. The molecule has 0 spiro atoms. The molecule has 162 valence electrons. The van der Waals surface area contributed by atoms with Crippen molar-refractivity contribution in [3.05, 3.63) is 84.2 Å². The van der Waals surface area contributed by atoms with Crippen molar-refractivity contribution in [3.63, 3.8) is 0 Å². The van der Waals surface area contributed by atoms with Crippen molar-refractivity contribution in [2.45, 2.75) is 37.6 Å². The van der Waals surface area contributed by atoms with E-state index in [4.69, 9.17) is 0 Å². The summed E-state index contributed by atoms with van der Waals surface area (Å²) in [6, 6.07) is 16.6. The predicted octanol–water partition coefficient (Wildman–Crippen LogP) is 4.50. The topological polar surface area (TPSA) is 100 Å². The first kappa shape index (κ1) is 22.3. The van der Waals surface area contributed by atoms with E-state index < -0.39 is 16.1 Å². The van der Waals surface area contributed by atoms with Gasteiger partial charge in [-0.15, -0.1) is 0 Å². The van der Waals surface area contributed by atoms with Gasteiger partial charge in [0.1, 0.15) is 0 Å². The lowest BCUT2D eigenvalue weighted by atomic mass is 9.87. The third-order valence-electron chi connectivity index (χ3n) is 4.60. The van der Waals surface area contributed by atoms with Gasteiger partial charge in [-0.3, -0.25) is 9.71 Å². The molecule has 1 aromatic heterocycles. The van der Waals surface area contributed by atoms with E-state index in [2.05, 4.69) is 41.1 Å². The van der Waals surface area contributed by atoms with E-state index in [-0.39, 0.29) is 10.3 Å². The molecule has 0 bridgehead atoms. The van der Waals surface area contributed by atoms with Crippen LogP contribution in [-0.2, 0) is 22.0 Å². The zero-order valence-corrected chi connectivity index (χ0v) is 18.5. The highest BCUT2D eigenvalue weighted by Gasteiger charge is 2.16. The molecule has 0 saturated carbocycles. The van der Waals surface area contributed by atoms with Gasteiger partial charge in [0.25, 0.3) is 10.0 Å². The Morgan fingerprint density at radius 2 is 1.58 bits per heavy atom. The van der Waals surface area contributed by atoms with Crippen LogP contribution in [0.25, 0.3) is 0 Å². The first-order valence-corrected chi connectivity index (χ1v) is 11.3. The van der Waals surface area contributed by atoms with Gasteiger partial charge in [0.2, 0.25) is 0 Å². The van der Waals surface area contributed by atoms with Crippen molar-refractivity contribution >= 4 is 27.4 Å². The lowest BCUT2D eigenvalue weighted by Crippen LogP contribution is -2.28. The van der Waals surface area contributed by atoms with Crippen molar-refractivity contribution in [2.75, 3.05) is 10.0 Å². The average Bonchev–Trinajstić information content (AvgIpc) is 2.73. The standard InChI is InChI=1S/C23H26N4O3S/c1-23(2,3)18-6-8-20(9-7-18)27-31(29,30)21-12-10-19(11-13-21)26-22(28)25-16-17-5-4-14-24-15-17/h4-15,27H,16H2,1-3H3,(H2,25,26,28). The molecule has 7 nitrogen and oxygen atoms in total. The monoisotopic (exact) mass is 438 g/mol. The largest absolute Gasteiger partial charge is 0.334 e. The van der Waals surface area contributed by atoms with E-state index in [0.29, 0.717) is 17.9 Å². The van der Waals surface area contributed by atoms with E-state index >= 15 is 0 Å². The maximum absolute atomic E-state index is 12.7. The third kappa shape index (κ3) is 6.29. The van der Waals surface area contributed by atoms with Crippen LogP contribution in [0.4, 0.5) is 16.2 Å². The molecule has 1 heterocycles. The molecule has 0 aliphatic heterocycles. The van der Waals surface area contributed by atoms with E-state index in [0.717, 1.165) is 11.1 Å². The van der Waals surface area contributed by atoms with Crippen LogP contribution in [-0.4, -0.2) is 19.4 Å². The second-order valence-electron chi connectivity index (χ2n) is 8.13. The quantitative estimate of drug-likeness (QED) is 0.527. The van der Waals surface area contributed by atoms with E-state index in [1.54, 1.807) is 42.7 Å². The summed E-state index contributed by atoms with van der Waals surface area (Å²) in [5.41, 5.74) is 2.96. The molecule has 0 unspecified atom stereocenters. The van der Waals surface area contributed by atoms with Crippen LogP contribution in [0.3, 0.4) is 0 Å². The Morgan fingerprint density at radius 3 is 2.16 bits per heavy atom. The second kappa shape index (κ2) is 9.18. The van der Waals surface area contributed by atoms with Gasteiger partial charge >= 0.3 is 6.03 Å². The second-order valence-corrected chi connectivity index (χ2v) is 9.81. The number of nitrogens with zero attached hydrogens (tertiary/aromatic N) is 1. The molecule has 0 radical (unpaired) electrons. The number of aromatic nitrogens is 1. The predicted molar refractivity (Wildman–Crippen MR) is 122 cm³/mol. The van der Waals surface area contributed by atoms with Gasteiger partial charge in [0.05, 0.1) is 4.90 Å². The molecule has 0 aliphatic rings. The molecular weight excluding hydrogens is 412 g/mol. The maximum Gasteiger partial charge on any atom is 0.319 e. The summed E-state index contributed by atoms with van der Waals surface area (Å²) < 4.78 is 27.9. The van der Waals surface area contributed by atoms with Gasteiger partial charge in [-0.25, -0.2) is 13.2 Å². The SMILES string of the molecule is CC(C)(C)c1ccc(NS(=O)(=O)c2ccc(NC(=O)NCc3cccnc3)cc2)cc1. The lowest BCUT2D eigenvalue weighted by molar-refractivity contribution is 0.251. The van der Waals surface area contributed by atoms with Gasteiger partial charge in [0.15, 0.2) is 0 Å². The van der Waals surface area contributed by atoms with Crippen LogP contribution in [0.1, 0.15) is 31.9 Å². The summed E-state index contributed by atoms with van der Waals surface area (Å²) in [5.74, 6) is 0. The highest BCUT2D eigenvalue weighted by atomic mass is 32.2. The fourth-order valence-electron chi connectivity index (χ4n) is 2.83. The number of carbonyl (C=O) groups excluding carboxylic acids is 1. The summed E-state index contributed by atoms with van der Waals surface area (Å²) in [4.78, 5) is 16.1. The Kier molecular flexibility index (Phi) is 6.60. The Labute approximate surface area is 183 Å². The van der Waals surface area contributed by atoms with Crippen molar-refractivity contribution < 1.29 is 13.2 Å². The zero-order valence-electron chi connectivity index (χ0n) is 17.7. The van der Waals surface area contributed by atoms with Gasteiger partial charge in [-0.2, -0.15) is 0 Å². The first-order valence-electron chi connectivity index (χ1n) is 9.81. The summed E-state index contributed by atoms with van der Waals surface area (Å²) in [5, 5.41) is 5.39. The zero-order chi connectivity index (χ0) is 22.5. The van der Waals surface area contributed by atoms with Gasteiger partial charge in [-0.1, -0.05) is 39.0 Å². The maximum atomic E-state index is 12.7. The number of amides is 2. The van der Waals surface area contributed by atoms with Gasteiger partial charge in [0, 0.05) is 30.3 Å². The molecule has 31 heavy (non-hydrogen) atoms. The van der Waals surface area contributed by atoms with Crippen LogP contribution in [0.5, 0.6) is 0 Å².